The van der Waals surface area contributed by atoms with Crippen LogP contribution in [0.3, 0.4) is 0 Å². The molecule has 0 aromatic heterocycles. The average molecular weight is 371 g/mol. The summed E-state index contributed by atoms with van der Waals surface area (Å²) in [4.78, 5) is 22.6. The minimum Gasteiger partial charge on any atom is -0.506 e. The zero-order chi connectivity index (χ0) is 18.7. The lowest BCUT2D eigenvalue weighted by molar-refractivity contribution is -0.384. The Morgan fingerprint density at radius 3 is 2.42 bits per heavy atom. The molecule has 0 saturated carbocycles. The van der Waals surface area contributed by atoms with Gasteiger partial charge in [0.2, 0.25) is 0 Å². The molecule has 0 spiro atoms. The largest absolute Gasteiger partial charge is 0.506 e. The van der Waals surface area contributed by atoms with Crippen LogP contribution in [0, 0.1) is 10.1 Å². The molecule has 0 saturated heterocycles. The number of nitrogens with one attached hydrogen (secondary N) is 1. The summed E-state index contributed by atoms with van der Waals surface area (Å²) in [5, 5.41) is 25.3. The lowest BCUT2D eigenvalue weighted by Crippen LogP contribution is -2.25. The van der Waals surface area contributed by atoms with Gasteiger partial charge in [0.1, 0.15) is 5.75 Å². The maximum Gasteiger partial charge on any atom is 0.269 e. The number of nitrogens with zero attached hydrogens (tertiary/aromatic N) is 1. The fourth-order valence-electron chi connectivity index (χ4n) is 2.69. The van der Waals surface area contributed by atoms with Crippen molar-refractivity contribution in [2.45, 2.75) is 6.42 Å². The number of rotatable bonds is 5. The van der Waals surface area contributed by atoms with Crippen molar-refractivity contribution in [2.75, 3.05) is 6.54 Å². The topological polar surface area (TPSA) is 92.5 Å². The van der Waals surface area contributed by atoms with Crippen molar-refractivity contribution < 1.29 is 14.8 Å². The number of carbonyl (C=O) groups excluding carboxylic acids is 1. The molecule has 0 fully saturated rings. The summed E-state index contributed by atoms with van der Waals surface area (Å²) in [6.45, 7) is 0.320. The third-order valence-electron chi connectivity index (χ3n) is 4.06. The smallest absolute Gasteiger partial charge is 0.269 e. The molecule has 0 aliphatic carbocycles. The molecule has 3 rings (SSSR count). The Morgan fingerprint density at radius 1 is 1.12 bits per heavy atom. The molecule has 0 bridgehead atoms. The predicted octanol–water partition coefficient (Wildman–Crippen LogP) is 4.08. The van der Waals surface area contributed by atoms with Gasteiger partial charge in [-0.15, -0.1) is 0 Å². The number of nitro benzene ring substituents is 1. The minimum absolute atomic E-state index is 0.0218. The van der Waals surface area contributed by atoms with Gasteiger partial charge in [0.25, 0.3) is 11.6 Å². The number of nitro groups is 1. The lowest BCUT2D eigenvalue weighted by Gasteiger charge is -2.10. The second kappa shape index (κ2) is 7.41. The molecule has 2 N–H and O–H groups in total. The van der Waals surface area contributed by atoms with Gasteiger partial charge in [0.15, 0.2) is 0 Å². The van der Waals surface area contributed by atoms with E-state index in [-0.39, 0.29) is 17.0 Å². The van der Waals surface area contributed by atoms with E-state index in [4.69, 9.17) is 11.6 Å². The fourth-order valence-corrected chi connectivity index (χ4v) is 2.96. The number of hydrogen-bond acceptors (Lipinski definition) is 4. The molecule has 0 atom stereocenters. The van der Waals surface area contributed by atoms with Crippen molar-refractivity contribution in [1.29, 1.82) is 0 Å². The maximum absolute atomic E-state index is 12.4. The third kappa shape index (κ3) is 3.60. The van der Waals surface area contributed by atoms with E-state index in [1.807, 2.05) is 0 Å². The highest BCUT2D eigenvalue weighted by molar-refractivity contribution is 6.36. The molecule has 26 heavy (non-hydrogen) atoms. The molecule has 7 heteroatoms. The van der Waals surface area contributed by atoms with Gasteiger partial charge in [-0.1, -0.05) is 48.0 Å². The van der Waals surface area contributed by atoms with Gasteiger partial charge in [0.05, 0.1) is 10.5 Å². The molecule has 3 aromatic rings. The van der Waals surface area contributed by atoms with Crippen molar-refractivity contribution in [3.05, 3.63) is 80.9 Å². The van der Waals surface area contributed by atoms with Gasteiger partial charge < -0.3 is 10.4 Å². The monoisotopic (exact) mass is 370 g/mol. The van der Waals surface area contributed by atoms with Crippen LogP contribution >= 0.6 is 11.6 Å². The van der Waals surface area contributed by atoms with Crippen molar-refractivity contribution >= 4 is 34.0 Å². The number of hydrogen-bond donors (Lipinski definition) is 2. The zero-order valence-electron chi connectivity index (χ0n) is 13.6. The predicted molar refractivity (Wildman–Crippen MR) is 99.8 cm³/mol. The van der Waals surface area contributed by atoms with E-state index in [1.54, 1.807) is 36.4 Å². The van der Waals surface area contributed by atoms with E-state index >= 15 is 0 Å². The fraction of sp³-hybridized carbons (Fsp3) is 0.105. The van der Waals surface area contributed by atoms with Gasteiger partial charge in [0, 0.05) is 34.5 Å². The number of amides is 1. The van der Waals surface area contributed by atoms with Gasteiger partial charge in [-0.25, -0.2) is 0 Å². The first kappa shape index (κ1) is 17.7. The molecule has 1 amide bonds. The number of phenolic OH excluding ortho intramolecular Hbond substituents is 1. The Kier molecular flexibility index (Phi) is 5.04. The standard InChI is InChI=1S/C19H15ClN2O4/c20-17-11-16(18(23)15-4-2-1-3-14(15)17)19(24)21-10-9-12-5-7-13(8-6-12)22(25)26/h1-8,11,23H,9-10H2,(H,21,24). The van der Waals surface area contributed by atoms with Crippen LogP contribution in [0.5, 0.6) is 5.75 Å². The van der Waals surface area contributed by atoms with E-state index in [1.165, 1.54) is 18.2 Å². The van der Waals surface area contributed by atoms with Gasteiger partial charge in [-0.3, -0.25) is 14.9 Å². The molecule has 6 nitrogen and oxygen atoms in total. The highest BCUT2D eigenvalue weighted by Crippen LogP contribution is 2.34. The number of halogens is 1. The Bertz CT molecular complexity index is 987. The quantitative estimate of drug-likeness (QED) is 0.522. The molecule has 0 aliphatic rings. The summed E-state index contributed by atoms with van der Waals surface area (Å²) in [5.74, 6) is -0.546. The zero-order valence-corrected chi connectivity index (χ0v) is 14.4. The SMILES string of the molecule is O=C(NCCc1ccc([N+](=O)[O-])cc1)c1cc(Cl)c2ccccc2c1O. The van der Waals surface area contributed by atoms with E-state index in [9.17, 15) is 20.0 Å². The van der Waals surface area contributed by atoms with Crippen molar-refractivity contribution in [2.24, 2.45) is 0 Å². The average Bonchev–Trinajstić information content (AvgIpc) is 2.65. The van der Waals surface area contributed by atoms with Crippen LogP contribution in [-0.2, 0) is 6.42 Å². The number of carbonyl (C=O) groups is 1. The first-order valence-corrected chi connectivity index (χ1v) is 8.27. The van der Waals surface area contributed by atoms with Crippen LogP contribution in [0.2, 0.25) is 5.02 Å². The van der Waals surface area contributed by atoms with Crippen molar-refractivity contribution in [3.8, 4) is 5.75 Å². The molecule has 0 unspecified atom stereocenters. The highest BCUT2D eigenvalue weighted by Gasteiger charge is 2.16. The van der Waals surface area contributed by atoms with Crippen LogP contribution in [-0.4, -0.2) is 22.5 Å². The maximum atomic E-state index is 12.4. The van der Waals surface area contributed by atoms with Crippen LogP contribution in [0.15, 0.2) is 54.6 Å². The first-order chi connectivity index (χ1) is 12.5. The van der Waals surface area contributed by atoms with E-state index in [0.29, 0.717) is 28.8 Å². The van der Waals surface area contributed by atoms with Crippen LogP contribution in [0.1, 0.15) is 15.9 Å². The summed E-state index contributed by atoms with van der Waals surface area (Å²) in [6.07, 6.45) is 0.506. The second-order valence-corrected chi connectivity index (χ2v) is 6.14. The van der Waals surface area contributed by atoms with Crippen LogP contribution in [0.4, 0.5) is 5.69 Å². The van der Waals surface area contributed by atoms with E-state index in [2.05, 4.69) is 5.32 Å². The Balaban J connectivity index is 1.69. The van der Waals surface area contributed by atoms with Gasteiger partial charge in [-0.05, 0) is 18.1 Å². The summed E-state index contributed by atoms with van der Waals surface area (Å²) in [7, 11) is 0. The van der Waals surface area contributed by atoms with Crippen molar-refractivity contribution in [1.82, 2.24) is 5.32 Å². The normalized spacial score (nSPS) is 10.7. The lowest BCUT2D eigenvalue weighted by atomic mass is 10.0. The van der Waals surface area contributed by atoms with Crippen molar-refractivity contribution in [3.63, 3.8) is 0 Å². The first-order valence-electron chi connectivity index (χ1n) is 7.89. The van der Waals surface area contributed by atoms with E-state index < -0.39 is 10.8 Å². The Morgan fingerprint density at radius 2 is 1.77 bits per heavy atom. The van der Waals surface area contributed by atoms with Gasteiger partial charge in [-0.2, -0.15) is 0 Å². The molecule has 3 aromatic carbocycles. The van der Waals surface area contributed by atoms with E-state index in [0.717, 1.165) is 5.56 Å². The van der Waals surface area contributed by atoms with Gasteiger partial charge >= 0.3 is 0 Å². The van der Waals surface area contributed by atoms with Crippen LogP contribution < -0.4 is 5.32 Å². The summed E-state index contributed by atoms with van der Waals surface area (Å²) in [6, 6.07) is 14.6. The highest BCUT2D eigenvalue weighted by atomic mass is 35.5. The van der Waals surface area contributed by atoms with Crippen LogP contribution in [0.25, 0.3) is 10.8 Å². The summed E-state index contributed by atoms with van der Waals surface area (Å²) in [5.41, 5.74) is 0.988. The number of fused-ring (bicyclic) bond motifs is 1. The Labute approximate surface area is 154 Å². The minimum atomic E-state index is -0.461. The number of benzene rings is 3. The number of non-ortho nitro benzene ring substituents is 1. The molecule has 0 radical (unpaired) electrons. The molecular formula is C19H15ClN2O4. The summed E-state index contributed by atoms with van der Waals surface area (Å²) >= 11 is 6.20. The number of aromatic hydroxyl groups is 1. The second-order valence-electron chi connectivity index (χ2n) is 5.73. The Hall–Kier alpha value is -3.12. The number of phenols is 1. The summed E-state index contributed by atoms with van der Waals surface area (Å²) < 4.78 is 0. The molecule has 132 valence electrons. The molecule has 0 heterocycles. The molecule has 0 aliphatic heterocycles. The third-order valence-corrected chi connectivity index (χ3v) is 4.37. The molecular weight excluding hydrogens is 356 g/mol.